The summed E-state index contributed by atoms with van der Waals surface area (Å²) in [6.07, 6.45) is 9.76. The molecule has 0 fully saturated rings. The number of anilines is 2. The van der Waals surface area contributed by atoms with E-state index in [1.54, 1.807) is 33.9 Å². The van der Waals surface area contributed by atoms with Crippen LogP contribution in [0.5, 0.6) is 0 Å². The molecule has 13 heteroatoms. The van der Waals surface area contributed by atoms with Gasteiger partial charge in [0.2, 0.25) is 11.8 Å². The van der Waals surface area contributed by atoms with Crippen molar-refractivity contribution < 1.29 is 23.5 Å². The number of nitrogens with zero attached hydrogens (tertiary/aromatic N) is 6. The van der Waals surface area contributed by atoms with Crippen LogP contribution in [0.4, 0.5) is 20.2 Å². The highest BCUT2D eigenvalue weighted by atomic mass is 19.1. The maximum atomic E-state index is 13.1. The number of aliphatic hydroxyl groups is 1. The highest BCUT2D eigenvalue weighted by molar-refractivity contribution is 5.92. The Balaban J connectivity index is 0.000000212. The molecule has 2 amide bonds. The first-order valence-corrected chi connectivity index (χ1v) is 11.6. The van der Waals surface area contributed by atoms with Crippen molar-refractivity contribution in [3.05, 3.63) is 72.8 Å². The lowest BCUT2D eigenvalue weighted by Crippen LogP contribution is -2.18. The van der Waals surface area contributed by atoms with Crippen LogP contribution >= 0.6 is 0 Å². The van der Waals surface area contributed by atoms with Crippen molar-refractivity contribution in [2.75, 3.05) is 10.6 Å². The van der Waals surface area contributed by atoms with Crippen LogP contribution in [0.15, 0.2) is 55.5 Å². The van der Waals surface area contributed by atoms with Crippen LogP contribution in [0.1, 0.15) is 33.4 Å². The van der Waals surface area contributed by atoms with Crippen LogP contribution in [0.3, 0.4) is 0 Å². The molecule has 0 aliphatic heterocycles. The summed E-state index contributed by atoms with van der Waals surface area (Å²) in [7, 11) is 0. The van der Waals surface area contributed by atoms with Gasteiger partial charge in [-0.3, -0.25) is 19.6 Å². The van der Waals surface area contributed by atoms with Gasteiger partial charge in [0.25, 0.3) is 0 Å². The summed E-state index contributed by atoms with van der Waals surface area (Å²) in [6.45, 7) is 6.79. The van der Waals surface area contributed by atoms with Gasteiger partial charge in [-0.2, -0.15) is 10.2 Å². The van der Waals surface area contributed by atoms with Gasteiger partial charge in [0.05, 0.1) is 72.7 Å². The Kier molecular flexibility index (Phi) is 9.33. The average molecular weight is 527 g/mol. The highest BCUT2D eigenvalue weighted by Crippen LogP contribution is 2.18. The van der Waals surface area contributed by atoms with Gasteiger partial charge < -0.3 is 15.7 Å². The summed E-state index contributed by atoms with van der Waals surface area (Å²) in [5, 5.41) is 22.8. The third-order valence-corrected chi connectivity index (χ3v) is 5.01. The van der Waals surface area contributed by atoms with E-state index in [1.807, 2.05) is 0 Å². The third-order valence-electron chi connectivity index (χ3n) is 5.01. The number of amides is 2. The zero-order valence-electron chi connectivity index (χ0n) is 21.3. The lowest BCUT2D eigenvalue weighted by Gasteiger charge is -2.05. The summed E-state index contributed by atoms with van der Waals surface area (Å²) in [5.41, 5.74) is 2.18. The molecule has 0 aliphatic carbocycles. The van der Waals surface area contributed by atoms with Crippen LogP contribution in [0.25, 0.3) is 11.4 Å². The van der Waals surface area contributed by atoms with E-state index in [1.165, 1.54) is 46.3 Å². The summed E-state index contributed by atoms with van der Waals surface area (Å²) in [5.74, 6) is -1.50. The first kappa shape index (κ1) is 28.1. The second kappa shape index (κ2) is 12.6. The molecule has 0 unspecified atom stereocenters. The highest BCUT2D eigenvalue weighted by Gasteiger charge is 2.14. The van der Waals surface area contributed by atoms with Crippen molar-refractivity contribution in [1.29, 1.82) is 0 Å². The summed E-state index contributed by atoms with van der Waals surface area (Å²) in [4.78, 5) is 30.6. The lowest BCUT2D eigenvalue weighted by atomic mass is 10.2. The molecule has 4 aromatic heterocycles. The molecule has 0 spiro atoms. The maximum absolute atomic E-state index is 13.1. The Morgan fingerprint density at radius 2 is 1.39 bits per heavy atom. The van der Waals surface area contributed by atoms with E-state index in [9.17, 15) is 23.5 Å². The van der Waals surface area contributed by atoms with Gasteiger partial charge in [0.15, 0.2) is 0 Å². The van der Waals surface area contributed by atoms with Crippen molar-refractivity contribution >= 4 is 23.2 Å². The fraction of sp³-hybridized carbons (Fsp3) is 0.280. The van der Waals surface area contributed by atoms with Gasteiger partial charge in [-0.05, 0) is 0 Å². The number of carbonyl (C=O) groups excluding carboxylic acids is 2. The zero-order valence-corrected chi connectivity index (χ0v) is 21.3. The Morgan fingerprint density at radius 3 is 1.92 bits per heavy atom. The van der Waals surface area contributed by atoms with Crippen LogP contribution in [0, 0.1) is 23.5 Å². The molecule has 0 saturated carbocycles. The standard InChI is InChI=1S/C13H15FN4O2.C12H13FN4O/c1-8(2)13(20)16-11-6-18(17-12(11)7-19)10-3-9(14)4-15-5-10;1-8(2)12(18)16-10-5-15-17(7-10)11-3-9(13)4-14-6-11/h3-6,8,19H,7H2,1-2H3,(H,16,20);3-8H,1-2H3,(H,16,18). The zero-order chi connectivity index (χ0) is 27.8. The molecule has 0 atom stereocenters. The molecule has 0 aliphatic rings. The van der Waals surface area contributed by atoms with E-state index in [0.717, 1.165) is 12.4 Å². The Labute approximate surface area is 217 Å². The molecule has 11 nitrogen and oxygen atoms in total. The summed E-state index contributed by atoms with van der Waals surface area (Å²) >= 11 is 0. The first-order chi connectivity index (χ1) is 18.1. The monoisotopic (exact) mass is 526 g/mol. The number of hydrogen-bond acceptors (Lipinski definition) is 7. The van der Waals surface area contributed by atoms with Crippen molar-refractivity contribution in [1.82, 2.24) is 29.5 Å². The van der Waals surface area contributed by atoms with Gasteiger partial charge in [-0.25, -0.2) is 18.1 Å². The average Bonchev–Trinajstić information content (AvgIpc) is 3.51. The van der Waals surface area contributed by atoms with E-state index < -0.39 is 11.6 Å². The van der Waals surface area contributed by atoms with E-state index in [0.29, 0.717) is 28.4 Å². The van der Waals surface area contributed by atoms with Gasteiger partial charge in [-0.1, -0.05) is 27.7 Å². The molecule has 4 aromatic rings. The number of nitrogens with one attached hydrogen (secondary N) is 2. The molecular weight excluding hydrogens is 498 g/mol. The predicted molar refractivity (Wildman–Crippen MR) is 135 cm³/mol. The molecule has 0 radical (unpaired) electrons. The van der Waals surface area contributed by atoms with E-state index in [4.69, 9.17) is 0 Å². The van der Waals surface area contributed by atoms with Crippen molar-refractivity contribution in [2.45, 2.75) is 34.3 Å². The van der Waals surface area contributed by atoms with Crippen molar-refractivity contribution in [3.8, 4) is 11.4 Å². The van der Waals surface area contributed by atoms with Crippen LogP contribution in [-0.4, -0.2) is 46.4 Å². The Hall–Kier alpha value is -4.52. The number of pyridine rings is 2. The van der Waals surface area contributed by atoms with Gasteiger partial charge in [0, 0.05) is 24.0 Å². The summed E-state index contributed by atoms with van der Waals surface area (Å²) < 4.78 is 28.9. The molecule has 3 N–H and O–H groups in total. The molecule has 0 bridgehead atoms. The SMILES string of the molecule is CC(C)C(=O)Nc1cn(-c2cncc(F)c2)nc1CO.CC(C)C(=O)Nc1cnn(-c2cncc(F)c2)c1. The number of aliphatic hydroxyl groups excluding tert-OH is 1. The van der Waals surface area contributed by atoms with Crippen molar-refractivity contribution in [3.63, 3.8) is 0 Å². The van der Waals surface area contributed by atoms with Gasteiger partial charge >= 0.3 is 0 Å². The predicted octanol–water partition coefficient (Wildman–Crippen LogP) is 3.49. The summed E-state index contributed by atoms with van der Waals surface area (Å²) in [6, 6.07) is 2.57. The minimum atomic E-state index is -0.490. The topological polar surface area (TPSA) is 140 Å². The first-order valence-electron chi connectivity index (χ1n) is 11.6. The normalized spacial score (nSPS) is 10.8. The smallest absolute Gasteiger partial charge is 0.227 e. The number of hydrogen-bond donors (Lipinski definition) is 3. The minimum Gasteiger partial charge on any atom is -0.390 e. The van der Waals surface area contributed by atoms with Crippen LogP contribution in [0.2, 0.25) is 0 Å². The largest absolute Gasteiger partial charge is 0.390 e. The maximum Gasteiger partial charge on any atom is 0.227 e. The van der Waals surface area contributed by atoms with E-state index in [-0.39, 0.29) is 30.3 Å². The van der Waals surface area contributed by atoms with Gasteiger partial charge in [-0.15, -0.1) is 0 Å². The second-order valence-corrected chi connectivity index (χ2v) is 8.78. The van der Waals surface area contributed by atoms with E-state index in [2.05, 4.69) is 30.8 Å². The number of halogens is 2. The van der Waals surface area contributed by atoms with Crippen LogP contribution in [-0.2, 0) is 16.2 Å². The molecule has 38 heavy (non-hydrogen) atoms. The molecule has 4 heterocycles. The third kappa shape index (κ3) is 7.49. The molecule has 200 valence electrons. The number of rotatable bonds is 7. The molecule has 0 aromatic carbocycles. The number of aromatic nitrogens is 6. The quantitative estimate of drug-likeness (QED) is 0.335. The minimum absolute atomic E-state index is 0.0908. The Morgan fingerprint density at radius 1 is 0.842 bits per heavy atom. The lowest BCUT2D eigenvalue weighted by molar-refractivity contribution is -0.119. The molecular formula is C25H28F2N8O3. The second-order valence-electron chi connectivity index (χ2n) is 8.78. The van der Waals surface area contributed by atoms with Gasteiger partial charge in [0.1, 0.15) is 17.3 Å². The number of carbonyl (C=O) groups is 2. The Bertz CT molecular complexity index is 1400. The van der Waals surface area contributed by atoms with Crippen LogP contribution < -0.4 is 10.6 Å². The fourth-order valence-electron chi connectivity index (χ4n) is 2.91. The van der Waals surface area contributed by atoms with E-state index >= 15 is 0 Å². The molecule has 0 saturated heterocycles. The van der Waals surface area contributed by atoms with Crippen molar-refractivity contribution in [2.24, 2.45) is 11.8 Å². The fourth-order valence-corrected chi connectivity index (χ4v) is 2.91. The molecule has 4 rings (SSSR count).